The van der Waals surface area contributed by atoms with Gasteiger partial charge in [0.15, 0.2) is 0 Å². The number of para-hydroxylation sites is 1. The van der Waals surface area contributed by atoms with Crippen LogP contribution in [0.4, 0.5) is 4.39 Å². The Morgan fingerprint density at radius 1 is 1.19 bits per heavy atom. The second kappa shape index (κ2) is 5.63. The molecule has 0 radical (unpaired) electrons. The van der Waals surface area contributed by atoms with Crippen LogP contribution in [0.2, 0.25) is 0 Å². The van der Waals surface area contributed by atoms with Crippen molar-refractivity contribution in [2.45, 2.75) is 12.5 Å². The summed E-state index contributed by atoms with van der Waals surface area (Å²) in [5.74, 6) is 5.47. The molecule has 3 aromatic rings. The van der Waals surface area contributed by atoms with E-state index in [9.17, 15) is 4.39 Å². The van der Waals surface area contributed by atoms with Gasteiger partial charge < -0.3 is 0 Å². The molecule has 0 saturated heterocycles. The number of aromatic nitrogens is 2. The molecular weight excluding hydrogens is 267 g/mol. The molecule has 3 rings (SSSR count). The fourth-order valence-electron chi connectivity index (χ4n) is 2.59. The average molecular weight is 284 g/mol. The Kier molecular flexibility index (Phi) is 3.68. The van der Waals surface area contributed by atoms with Gasteiger partial charge >= 0.3 is 0 Å². The topological polar surface area (TPSA) is 55.9 Å². The van der Waals surface area contributed by atoms with Crippen LogP contribution in [0.15, 0.2) is 48.5 Å². The van der Waals surface area contributed by atoms with Gasteiger partial charge in [-0.1, -0.05) is 30.3 Å². The zero-order valence-corrected chi connectivity index (χ0v) is 11.8. The molecule has 0 spiro atoms. The smallest absolute Gasteiger partial charge is 0.123 e. The molecule has 5 heteroatoms. The largest absolute Gasteiger partial charge is 0.271 e. The minimum Gasteiger partial charge on any atom is -0.271 e. The first-order chi connectivity index (χ1) is 10.2. The number of rotatable bonds is 4. The van der Waals surface area contributed by atoms with E-state index in [1.54, 1.807) is 12.1 Å². The molecule has 4 nitrogen and oxygen atoms in total. The number of hydrogen-bond acceptors (Lipinski definition) is 3. The lowest BCUT2D eigenvalue weighted by atomic mass is 10.0. The number of nitrogens with two attached hydrogens (primary N) is 1. The summed E-state index contributed by atoms with van der Waals surface area (Å²) in [5, 5.41) is 5.65. The van der Waals surface area contributed by atoms with E-state index < -0.39 is 0 Å². The van der Waals surface area contributed by atoms with Crippen LogP contribution in [0.25, 0.3) is 10.9 Å². The van der Waals surface area contributed by atoms with Crippen LogP contribution in [0, 0.1) is 5.82 Å². The monoisotopic (exact) mass is 284 g/mol. The van der Waals surface area contributed by atoms with Gasteiger partial charge in [-0.2, -0.15) is 5.10 Å². The van der Waals surface area contributed by atoms with Gasteiger partial charge in [-0.15, -0.1) is 0 Å². The molecule has 0 amide bonds. The van der Waals surface area contributed by atoms with Crippen LogP contribution in [-0.2, 0) is 13.5 Å². The lowest BCUT2D eigenvalue weighted by molar-refractivity contribution is 0.531. The van der Waals surface area contributed by atoms with Gasteiger partial charge in [0.2, 0.25) is 0 Å². The molecule has 1 aromatic heterocycles. The van der Waals surface area contributed by atoms with Gasteiger partial charge in [-0.25, -0.2) is 4.39 Å². The standard InChI is InChI=1S/C16H17FN4/c1-21-15-5-3-2-4-13(15)16(20-21)14(19-18)10-11-6-8-12(17)9-7-11/h2-9,14,19H,10,18H2,1H3. The maximum Gasteiger partial charge on any atom is 0.123 e. The van der Waals surface area contributed by atoms with Gasteiger partial charge in [0, 0.05) is 12.4 Å². The molecular formula is C16H17FN4. The molecule has 1 atom stereocenters. The van der Waals surface area contributed by atoms with Crippen LogP contribution in [-0.4, -0.2) is 9.78 Å². The van der Waals surface area contributed by atoms with Gasteiger partial charge in [-0.3, -0.25) is 16.0 Å². The van der Waals surface area contributed by atoms with E-state index in [-0.39, 0.29) is 11.9 Å². The van der Waals surface area contributed by atoms with Gasteiger partial charge in [0.1, 0.15) is 5.82 Å². The fourth-order valence-corrected chi connectivity index (χ4v) is 2.59. The van der Waals surface area contributed by atoms with Crippen molar-refractivity contribution >= 4 is 10.9 Å². The average Bonchev–Trinajstić information content (AvgIpc) is 2.84. The van der Waals surface area contributed by atoms with E-state index in [4.69, 9.17) is 5.84 Å². The number of fused-ring (bicyclic) bond motifs is 1. The fraction of sp³-hybridized carbons (Fsp3) is 0.188. The van der Waals surface area contributed by atoms with E-state index in [0.717, 1.165) is 22.2 Å². The van der Waals surface area contributed by atoms with E-state index >= 15 is 0 Å². The highest BCUT2D eigenvalue weighted by Crippen LogP contribution is 2.25. The van der Waals surface area contributed by atoms with Crippen LogP contribution in [0.1, 0.15) is 17.3 Å². The molecule has 108 valence electrons. The van der Waals surface area contributed by atoms with Crippen molar-refractivity contribution in [3.8, 4) is 0 Å². The van der Waals surface area contributed by atoms with Crippen molar-refractivity contribution in [2.75, 3.05) is 0 Å². The molecule has 1 unspecified atom stereocenters. The first kappa shape index (κ1) is 13.7. The van der Waals surface area contributed by atoms with Gasteiger partial charge in [0.05, 0.1) is 17.3 Å². The summed E-state index contributed by atoms with van der Waals surface area (Å²) in [7, 11) is 1.91. The minimum absolute atomic E-state index is 0.124. The third kappa shape index (κ3) is 2.66. The predicted molar refractivity (Wildman–Crippen MR) is 80.9 cm³/mol. The van der Waals surface area contributed by atoms with Crippen LogP contribution >= 0.6 is 0 Å². The highest BCUT2D eigenvalue weighted by molar-refractivity contribution is 5.82. The molecule has 0 fully saturated rings. The van der Waals surface area contributed by atoms with Crippen molar-refractivity contribution in [3.63, 3.8) is 0 Å². The lowest BCUT2D eigenvalue weighted by Gasteiger charge is -2.14. The Morgan fingerprint density at radius 2 is 1.90 bits per heavy atom. The molecule has 1 heterocycles. The zero-order chi connectivity index (χ0) is 14.8. The Labute approximate surface area is 122 Å². The van der Waals surface area contributed by atoms with Crippen molar-refractivity contribution in [2.24, 2.45) is 12.9 Å². The maximum atomic E-state index is 13.0. The van der Waals surface area contributed by atoms with Crippen molar-refractivity contribution in [1.82, 2.24) is 15.2 Å². The normalized spacial score (nSPS) is 12.7. The third-order valence-electron chi connectivity index (χ3n) is 3.67. The highest BCUT2D eigenvalue weighted by Gasteiger charge is 2.18. The van der Waals surface area contributed by atoms with Crippen molar-refractivity contribution < 1.29 is 4.39 Å². The summed E-state index contributed by atoms with van der Waals surface area (Å²) in [6, 6.07) is 14.4. The molecule has 0 saturated carbocycles. The Bertz CT molecular complexity index is 749. The quantitative estimate of drug-likeness (QED) is 0.571. The number of halogens is 1. The molecule has 0 aliphatic heterocycles. The summed E-state index contributed by atoms with van der Waals surface area (Å²) >= 11 is 0. The van der Waals surface area contributed by atoms with Crippen LogP contribution in [0.5, 0.6) is 0 Å². The number of aryl methyl sites for hydroxylation is 1. The van der Waals surface area contributed by atoms with Crippen molar-refractivity contribution in [3.05, 3.63) is 65.6 Å². The second-order valence-electron chi connectivity index (χ2n) is 5.08. The summed E-state index contributed by atoms with van der Waals surface area (Å²) < 4.78 is 14.8. The first-order valence-electron chi connectivity index (χ1n) is 6.81. The van der Waals surface area contributed by atoms with Crippen LogP contribution < -0.4 is 11.3 Å². The van der Waals surface area contributed by atoms with Gasteiger partial charge in [-0.05, 0) is 30.2 Å². The molecule has 3 N–H and O–H groups in total. The zero-order valence-electron chi connectivity index (χ0n) is 11.8. The van der Waals surface area contributed by atoms with Crippen molar-refractivity contribution in [1.29, 1.82) is 0 Å². The SMILES string of the molecule is Cn1nc(C(Cc2ccc(F)cc2)NN)c2ccccc21. The molecule has 21 heavy (non-hydrogen) atoms. The Morgan fingerprint density at radius 3 is 2.62 bits per heavy atom. The third-order valence-corrected chi connectivity index (χ3v) is 3.67. The number of hydrogen-bond donors (Lipinski definition) is 2. The summed E-state index contributed by atoms with van der Waals surface area (Å²) in [6.07, 6.45) is 0.651. The molecule has 2 aromatic carbocycles. The molecule has 0 bridgehead atoms. The second-order valence-corrected chi connectivity index (χ2v) is 5.08. The molecule has 0 aliphatic carbocycles. The number of hydrazine groups is 1. The Balaban J connectivity index is 1.96. The Hall–Kier alpha value is -2.24. The summed E-state index contributed by atoms with van der Waals surface area (Å²) in [6.45, 7) is 0. The lowest BCUT2D eigenvalue weighted by Crippen LogP contribution is -2.30. The van der Waals surface area contributed by atoms with Gasteiger partial charge in [0.25, 0.3) is 0 Å². The summed E-state index contributed by atoms with van der Waals surface area (Å²) in [5.41, 5.74) is 5.79. The number of benzene rings is 2. The first-order valence-corrected chi connectivity index (χ1v) is 6.81. The summed E-state index contributed by atoms with van der Waals surface area (Å²) in [4.78, 5) is 0. The van der Waals surface area contributed by atoms with E-state index in [2.05, 4.69) is 10.5 Å². The van der Waals surface area contributed by atoms with E-state index in [0.29, 0.717) is 6.42 Å². The van der Waals surface area contributed by atoms with E-state index in [1.165, 1.54) is 12.1 Å². The minimum atomic E-state index is -0.237. The highest BCUT2D eigenvalue weighted by atomic mass is 19.1. The predicted octanol–water partition coefficient (Wildman–Crippen LogP) is 2.46. The number of nitrogens with one attached hydrogen (secondary N) is 1. The molecule has 0 aliphatic rings. The van der Waals surface area contributed by atoms with Crippen LogP contribution in [0.3, 0.4) is 0 Å². The number of nitrogens with zero attached hydrogens (tertiary/aromatic N) is 2. The van der Waals surface area contributed by atoms with E-state index in [1.807, 2.05) is 36.0 Å². The maximum absolute atomic E-state index is 13.0.